The average Bonchev–Trinajstić information content (AvgIpc) is 2.98. The van der Waals surface area contributed by atoms with Gasteiger partial charge in [-0.3, -0.25) is 14.9 Å². The summed E-state index contributed by atoms with van der Waals surface area (Å²) in [5.74, 6) is -1.40. The van der Waals surface area contributed by atoms with Gasteiger partial charge in [0.05, 0.1) is 23.3 Å². The number of ketones is 1. The topological polar surface area (TPSA) is 98.5 Å². The molecule has 0 saturated carbocycles. The number of allylic oxidation sites excluding steroid dienone is 2. The molecule has 1 N–H and O–H groups in total. The van der Waals surface area contributed by atoms with Crippen molar-refractivity contribution in [2.24, 2.45) is 0 Å². The van der Waals surface area contributed by atoms with Crippen LogP contribution in [0.4, 0.5) is 5.69 Å². The number of nitro groups is 1. The molecule has 0 bridgehead atoms. The van der Waals surface area contributed by atoms with Gasteiger partial charge in [-0.25, -0.2) is 4.79 Å². The first-order chi connectivity index (χ1) is 13.4. The van der Waals surface area contributed by atoms with Crippen molar-refractivity contribution in [3.05, 3.63) is 92.2 Å². The number of esters is 1. The predicted molar refractivity (Wildman–Crippen MR) is 101 cm³/mol. The molecule has 0 aromatic heterocycles. The quantitative estimate of drug-likeness (QED) is 0.501. The fourth-order valence-electron chi connectivity index (χ4n) is 3.83. The Bertz CT molecular complexity index is 1100. The Morgan fingerprint density at radius 2 is 1.75 bits per heavy atom. The Hall–Kier alpha value is -3.74. The predicted octanol–water partition coefficient (Wildman–Crippen LogP) is 3.34. The van der Waals surface area contributed by atoms with Crippen LogP contribution >= 0.6 is 0 Å². The zero-order chi connectivity index (χ0) is 20.0. The zero-order valence-corrected chi connectivity index (χ0v) is 15.2. The second kappa shape index (κ2) is 6.45. The number of hydrogen-bond donors (Lipinski definition) is 1. The van der Waals surface area contributed by atoms with E-state index in [0.29, 0.717) is 33.7 Å². The van der Waals surface area contributed by atoms with Gasteiger partial charge >= 0.3 is 5.97 Å². The fraction of sp³-hybridized carbons (Fsp3) is 0.143. The van der Waals surface area contributed by atoms with Gasteiger partial charge in [0.15, 0.2) is 5.78 Å². The van der Waals surface area contributed by atoms with Gasteiger partial charge in [0.25, 0.3) is 5.69 Å². The summed E-state index contributed by atoms with van der Waals surface area (Å²) in [7, 11) is 1.28. The Labute approximate surface area is 160 Å². The van der Waals surface area contributed by atoms with Gasteiger partial charge in [-0.05, 0) is 12.5 Å². The second-order valence-electron chi connectivity index (χ2n) is 6.60. The Morgan fingerprint density at radius 1 is 1.11 bits per heavy atom. The van der Waals surface area contributed by atoms with Crippen LogP contribution in [0.3, 0.4) is 0 Å². The third-order valence-corrected chi connectivity index (χ3v) is 5.09. The minimum absolute atomic E-state index is 0.0618. The first kappa shape index (κ1) is 17.7. The van der Waals surface area contributed by atoms with Crippen molar-refractivity contribution in [3.8, 4) is 0 Å². The van der Waals surface area contributed by atoms with E-state index in [4.69, 9.17) is 4.74 Å². The standard InChI is InChI=1S/C21H16N2O5/c1-11-16(21(25)28-2)17(12-7-9-13(10-8-12)23(26)27)18-19(22-11)14-5-3-4-6-15(14)20(18)24/h3-10,17,22H,1-2H3/t17-/m1/s1. The summed E-state index contributed by atoms with van der Waals surface area (Å²) in [4.78, 5) is 36.2. The molecule has 1 aliphatic heterocycles. The van der Waals surface area contributed by atoms with Gasteiger partial charge < -0.3 is 10.1 Å². The van der Waals surface area contributed by atoms with Crippen molar-refractivity contribution in [1.29, 1.82) is 0 Å². The van der Waals surface area contributed by atoms with E-state index in [-0.39, 0.29) is 11.5 Å². The number of carbonyl (C=O) groups excluding carboxylic acids is 2. The van der Waals surface area contributed by atoms with Gasteiger partial charge in [-0.1, -0.05) is 36.4 Å². The Morgan fingerprint density at radius 3 is 2.36 bits per heavy atom. The molecule has 1 heterocycles. The molecule has 2 aromatic rings. The molecule has 7 nitrogen and oxygen atoms in total. The number of dihydropyridines is 1. The van der Waals surface area contributed by atoms with Crippen LogP contribution in [0.1, 0.15) is 34.3 Å². The molecule has 0 fully saturated rings. The van der Waals surface area contributed by atoms with Crippen molar-refractivity contribution < 1.29 is 19.2 Å². The van der Waals surface area contributed by atoms with E-state index in [9.17, 15) is 19.7 Å². The zero-order valence-electron chi connectivity index (χ0n) is 15.2. The third kappa shape index (κ3) is 2.51. The highest BCUT2D eigenvalue weighted by molar-refractivity contribution is 6.23. The number of ether oxygens (including phenoxy) is 1. The molecule has 1 atom stereocenters. The van der Waals surface area contributed by atoms with Crippen LogP contribution in [0.25, 0.3) is 5.70 Å². The number of methoxy groups -OCH3 is 1. The molecule has 0 spiro atoms. The molecule has 7 heteroatoms. The van der Waals surface area contributed by atoms with Gasteiger partial charge in [-0.15, -0.1) is 0 Å². The summed E-state index contributed by atoms with van der Waals surface area (Å²) in [5.41, 5.74) is 3.89. The largest absolute Gasteiger partial charge is 0.466 e. The Kier molecular flexibility index (Phi) is 4.07. The summed E-state index contributed by atoms with van der Waals surface area (Å²) in [6, 6.07) is 13.1. The number of nitrogens with one attached hydrogen (secondary N) is 1. The molecule has 0 saturated heterocycles. The van der Waals surface area contributed by atoms with Gasteiger partial charge in [0, 0.05) is 40.4 Å². The summed E-state index contributed by atoms with van der Waals surface area (Å²) < 4.78 is 4.96. The molecular weight excluding hydrogens is 360 g/mol. The highest BCUT2D eigenvalue weighted by Gasteiger charge is 2.42. The lowest BCUT2D eigenvalue weighted by Crippen LogP contribution is -2.29. The molecule has 1 aliphatic carbocycles. The number of carbonyl (C=O) groups is 2. The van der Waals surface area contributed by atoms with E-state index in [1.807, 2.05) is 12.1 Å². The van der Waals surface area contributed by atoms with Crippen LogP contribution in [0, 0.1) is 10.1 Å². The highest BCUT2D eigenvalue weighted by atomic mass is 16.6. The van der Waals surface area contributed by atoms with Crippen LogP contribution in [0.15, 0.2) is 65.4 Å². The first-order valence-electron chi connectivity index (χ1n) is 8.62. The lowest BCUT2D eigenvalue weighted by Gasteiger charge is -2.28. The summed E-state index contributed by atoms with van der Waals surface area (Å²) in [6.45, 7) is 1.75. The number of rotatable bonds is 3. The number of Topliss-reactive ketones (excluding diaryl/α,β-unsaturated/α-hetero) is 1. The molecule has 2 aliphatic rings. The SMILES string of the molecule is COC(=O)C1=C(C)NC2=C(C(=O)c3ccccc32)[C@@H]1c1ccc([N+](=O)[O-])cc1. The minimum atomic E-state index is -0.676. The average molecular weight is 376 g/mol. The minimum Gasteiger partial charge on any atom is -0.466 e. The maximum absolute atomic E-state index is 13.2. The summed E-state index contributed by atoms with van der Waals surface area (Å²) >= 11 is 0. The maximum Gasteiger partial charge on any atom is 0.336 e. The highest BCUT2D eigenvalue weighted by Crippen LogP contribution is 2.46. The molecule has 2 aromatic carbocycles. The van der Waals surface area contributed by atoms with Crippen molar-refractivity contribution in [2.75, 3.05) is 7.11 Å². The van der Waals surface area contributed by atoms with Crippen LogP contribution in [0.2, 0.25) is 0 Å². The Balaban J connectivity index is 1.92. The van der Waals surface area contributed by atoms with Crippen LogP contribution in [-0.2, 0) is 9.53 Å². The number of non-ortho nitro benzene ring substituents is 1. The smallest absolute Gasteiger partial charge is 0.336 e. The molecule has 28 heavy (non-hydrogen) atoms. The first-order valence-corrected chi connectivity index (χ1v) is 8.62. The molecule has 0 unspecified atom stereocenters. The molecule has 140 valence electrons. The van der Waals surface area contributed by atoms with Crippen LogP contribution < -0.4 is 5.32 Å². The number of hydrogen-bond acceptors (Lipinski definition) is 6. The van der Waals surface area contributed by atoms with E-state index in [1.54, 1.807) is 31.2 Å². The summed E-state index contributed by atoms with van der Waals surface area (Å²) in [6.07, 6.45) is 0. The number of fused-ring (bicyclic) bond motifs is 2. The summed E-state index contributed by atoms with van der Waals surface area (Å²) in [5, 5.41) is 14.2. The molecule has 4 rings (SSSR count). The maximum atomic E-state index is 13.2. The van der Waals surface area contributed by atoms with Gasteiger partial charge in [0.1, 0.15) is 0 Å². The van der Waals surface area contributed by atoms with E-state index < -0.39 is 16.8 Å². The van der Waals surface area contributed by atoms with Gasteiger partial charge in [-0.2, -0.15) is 0 Å². The van der Waals surface area contributed by atoms with Crippen LogP contribution in [0.5, 0.6) is 0 Å². The van der Waals surface area contributed by atoms with Crippen molar-refractivity contribution in [3.63, 3.8) is 0 Å². The van der Waals surface area contributed by atoms with Crippen LogP contribution in [-0.4, -0.2) is 23.8 Å². The fourth-order valence-corrected chi connectivity index (χ4v) is 3.83. The second-order valence-corrected chi connectivity index (χ2v) is 6.60. The van der Waals surface area contributed by atoms with E-state index in [2.05, 4.69) is 5.32 Å². The van der Waals surface area contributed by atoms with Crippen molar-refractivity contribution in [2.45, 2.75) is 12.8 Å². The normalized spacial score (nSPS) is 17.8. The molecule has 0 radical (unpaired) electrons. The molecular formula is C21H16N2O5. The number of nitro benzene ring substituents is 1. The molecule has 0 amide bonds. The van der Waals surface area contributed by atoms with E-state index in [0.717, 1.165) is 5.56 Å². The lowest BCUT2D eigenvalue weighted by atomic mass is 9.80. The van der Waals surface area contributed by atoms with Gasteiger partial charge in [0.2, 0.25) is 0 Å². The number of benzene rings is 2. The number of nitrogens with zero attached hydrogens (tertiary/aromatic N) is 1. The van der Waals surface area contributed by atoms with E-state index >= 15 is 0 Å². The van der Waals surface area contributed by atoms with E-state index in [1.165, 1.54) is 19.2 Å². The third-order valence-electron chi connectivity index (χ3n) is 5.09. The lowest BCUT2D eigenvalue weighted by molar-refractivity contribution is -0.384. The monoisotopic (exact) mass is 376 g/mol. The van der Waals surface area contributed by atoms with Crippen molar-refractivity contribution in [1.82, 2.24) is 5.32 Å². The van der Waals surface area contributed by atoms with Crippen molar-refractivity contribution >= 4 is 23.1 Å².